The van der Waals surface area contributed by atoms with E-state index in [1.165, 1.54) is 12.1 Å². The van der Waals surface area contributed by atoms with Crippen LogP contribution in [0.1, 0.15) is 16.7 Å². The first-order chi connectivity index (χ1) is 30.9. The second kappa shape index (κ2) is 13.0. The van der Waals surface area contributed by atoms with Gasteiger partial charge in [-0.1, -0.05) is 91.0 Å². The number of hydrogen-bond donors (Lipinski definition) is 0. The van der Waals surface area contributed by atoms with Crippen LogP contribution >= 0.6 is 0 Å². The van der Waals surface area contributed by atoms with Gasteiger partial charge in [0.2, 0.25) is 0 Å². The van der Waals surface area contributed by atoms with Gasteiger partial charge in [-0.3, -0.25) is 0 Å². The van der Waals surface area contributed by atoms with Crippen molar-refractivity contribution in [2.75, 3.05) is 0 Å². The lowest BCUT2D eigenvalue weighted by Crippen LogP contribution is -2.15. The number of aryl methyl sites for hydroxylation is 2. The Bertz CT molecular complexity index is 4000. The summed E-state index contributed by atoms with van der Waals surface area (Å²) in [5.74, 6) is 0. The molecule has 4 aromatic heterocycles. The summed E-state index contributed by atoms with van der Waals surface area (Å²) in [4.78, 5) is 0. The van der Waals surface area contributed by atoms with Crippen LogP contribution in [0.25, 0.3) is 110 Å². The number of nitriles is 1. The van der Waals surface area contributed by atoms with E-state index in [2.05, 4.69) is 10.6 Å². The monoisotopic (exact) mass is 851 g/mol. The normalized spacial score (nSPS) is 12.7. The average Bonchev–Trinajstić information content (AvgIpc) is 4.00. The molecule has 0 fully saturated rings. The molecule has 12 aromatic rings. The molecule has 0 aliphatic rings. The molecule has 0 saturated heterocycles. The largest absolute Gasteiger partial charge is 0.417 e. The van der Waals surface area contributed by atoms with Crippen LogP contribution in [-0.4, -0.2) is 18.3 Å². The van der Waals surface area contributed by atoms with Crippen LogP contribution in [0.4, 0.5) is 26.3 Å². The average molecular weight is 852 g/mol. The van der Waals surface area contributed by atoms with Gasteiger partial charge in [0.15, 0.2) is 0 Å². The van der Waals surface area contributed by atoms with E-state index in [9.17, 15) is 5.26 Å². The summed E-state index contributed by atoms with van der Waals surface area (Å²) in [5.41, 5.74) is 1.82. The van der Waals surface area contributed by atoms with E-state index in [1.54, 1.807) is 16.7 Å². The van der Waals surface area contributed by atoms with Crippen LogP contribution in [0.3, 0.4) is 0 Å². The number of rotatable bonds is 3. The Morgan fingerprint density at radius 2 is 0.844 bits per heavy atom. The van der Waals surface area contributed by atoms with Gasteiger partial charge in [-0.2, -0.15) is 31.6 Å². The topological polar surface area (TPSA) is 43.5 Å². The third-order valence-electron chi connectivity index (χ3n) is 13.1. The van der Waals surface area contributed by atoms with Gasteiger partial charge in [0.05, 0.1) is 61.2 Å². The molecule has 8 aromatic carbocycles. The van der Waals surface area contributed by atoms with Gasteiger partial charge in [0, 0.05) is 79.3 Å². The van der Waals surface area contributed by atoms with Gasteiger partial charge in [-0.25, -0.2) is 0 Å². The fourth-order valence-electron chi connectivity index (χ4n) is 10.5. The smallest absolute Gasteiger partial charge is 0.344 e. The quantitative estimate of drug-likeness (QED) is 0.163. The summed E-state index contributed by atoms with van der Waals surface area (Å²) >= 11 is 0. The molecule has 0 amide bonds. The van der Waals surface area contributed by atoms with Gasteiger partial charge >= 0.3 is 12.4 Å². The summed E-state index contributed by atoms with van der Waals surface area (Å²) in [6.45, 7) is 0. The third kappa shape index (κ3) is 5.02. The van der Waals surface area contributed by atoms with Gasteiger partial charge in [-0.15, -0.1) is 0 Å². The third-order valence-corrected chi connectivity index (χ3v) is 13.1. The molecule has 12 rings (SSSR count). The maximum absolute atomic E-state index is 15.5. The van der Waals surface area contributed by atoms with Crippen LogP contribution in [-0.2, 0) is 26.4 Å². The van der Waals surface area contributed by atoms with Crippen LogP contribution in [0.5, 0.6) is 0 Å². The lowest BCUT2D eigenvalue weighted by molar-refractivity contribution is -0.142. The minimum absolute atomic E-state index is 0.00907. The van der Waals surface area contributed by atoms with E-state index >= 15 is 26.3 Å². The Labute approximate surface area is 359 Å². The zero-order chi connectivity index (χ0) is 44.0. The summed E-state index contributed by atoms with van der Waals surface area (Å²) in [5, 5.41) is 17.7. The Morgan fingerprint density at radius 1 is 0.422 bits per heavy atom. The molecule has 0 bridgehead atoms. The van der Waals surface area contributed by atoms with Gasteiger partial charge in [-0.05, 0) is 60.7 Å². The Kier molecular flexibility index (Phi) is 7.69. The first-order valence-corrected chi connectivity index (χ1v) is 20.5. The first-order valence-electron chi connectivity index (χ1n) is 20.5. The van der Waals surface area contributed by atoms with Crippen molar-refractivity contribution in [3.05, 3.63) is 168 Å². The van der Waals surface area contributed by atoms with Crippen molar-refractivity contribution >= 4 is 87.2 Å². The molecule has 0 unspecified atom stereocenters. The molecule has 0 spiro atoms. The fraction of sp³-hybridized carbons (Fsp3) is 0.0755. The summed E-state index contributed by atoms with van der Waals surface area (Å²) < 4.78 is 101. The maximum Gasteiger partial charge on any atom is 0.417 e. The molecule has 64 heavy (non-hydrogen) atoms. The second-order valence-corrected chi connectivity index (χ2v) is 16.3. The van der Waals surface area contributed by atoms with E-state index in [-0.39, 0.29) is 22.5 Å². The van der Waals surface area contributed by atoms with Crippen LogP contribution in [0.15, 0.2) is 152 Å². The number of hydrogen-bond acceptors (Lipinski definition) is 1. The van der Waals surface area contributed by atoms with Crippen molar-refractivity contribution in [3.8, 4) is 28.6 Å². The molecule has 4 heterocycles. The second-order valence-electron chi connectivity index (χ2n) is 16.3. The highest BCUT2D eigenvalue weighted by Gasteiger charge is 2.42. The number of halogens is 6. The lowest BCUT2D eigenvalue weighted by Gasteiger charge is -2.24. The number of benzene rings is 8. The van der Waals surface area contributed by atoms with E-state index in [0.717, 1.165) is 71.2 Å². The highest BCUT2D eigenvalue weighted by atomic mass is 19.4. The van der Waals surface area contributed by atoms with Crippen molar-refractivity contribution in [3.63, 3.8) is 0 Å². The Balaban J connectivity index is 1.34. The number of nitrogens with zero attached hydrogens (tertiary/aromatic N) is 5. The molecule has 0 N–H and O–H groups in total. The predicted molar refractivity (Wildman–Crippen MR) is 243 cm³/mol. The van der Waals surface area contributed by atoms with Gasteiger partial charge in [0.1, 0.15) is 6.07 Å². The molecule has 0 atom stereocenters. The SMILES string of the molecule is Cn1c2ccccc2c2c1ccc1c3ccccc3n(-c3cc(-c4c(C(F)(F)F)cccc4C(F)(F)F)c(-n4c5ccccc5c5ccc6c(c7ccccc7n6C)c54)cc3C#N)c12. The minimum Gasteiger partial charge on any atom is -0.344 e. The molecule has 310 valence electrons. The van der Waals surface area contributed by atoms with E-state index in [0.29, 0.717) is 34.2 Å². The highest BCUT2D eigenvalue weighted by Crippen LogP contribution is 2.50. The first kappa shape index (κ1) is 37.8. The van der Waals surface area contributed by atoms with Crippen LogP contribution in [0.2, 0.25) is 0 Å². The van der Waals surface area contributed by atoms with E-state index < -0.39 is 29.0 Å². The maximum atomic E-state index is 15.5. The number of alkyl halides is 6. The summed E-state index contributed by atoms with van der Waals surface area (Å²) in [7, 11) is 3.87. The number of aromatic nitrogens is 4. The lowest BCUT2D eigenvalue weighted by atomic mass is 9.90. The molecule has 0 saturated carbocycles. The molecular weight excluding hydrogens is 821 g/mol. The number of para-hydroxylation sites is 4. The minimum atomic E-state index is -5.20. The zero-order valence-electron chi connectivity index (χ0n) is 33.9. The molecule has 0 aliphatic carbocycles. The van der Waals surface area contributed by atoms with Crippen LogP contribution in [0, 0.1) is 11.3 Å². The zero-order valence-corrected chi connectivity index (χ0v) is 33.9. The molecule has 11 heteroatoms. The van der Waals surface area contributed by atoms with Crippen molar-refractivity contribution in [1.29, 1.82) is 5.26 Å². The van der Waals surface area contributed by atoms with Crippen molar-refractivity contribution in [2.45, 2.75) is 12.4 Å². The molecule has 0 aliphatic heterocycles. The highest BCUT2D eigenvalue weighted by molar-refractivity contribution is 6.27. The van der Waals surface area contributed by atoms with Crippen LogP contribution < -0.4 is 0 Å². The standard InChI is InChI=1S/C53H31F6N5/c1-61-39-18-7-5-14-34(39)48-43(61)24-22-32-30-12-3-9-20-41(30)63(50(32)48)45-27-36(47-37(52(54,55)56)16-11-17-38(47)53(57,58)59)46(26-29(45)28-60)64-42-21-10-4-13-31(42)33-23-25-44-49(51(33)64)35-15-6-8-19-40(35)62(44)2/h3-27H,1-2H3. The summed E-state index contributed by atoms with van der Waals surface area (Å²) in [6, 6.07) is 45.7. The van der Waals surface area contributed by atoms with Gasteiger partial charge < -0.3 is 18.3 Å². The Morgan fingerprint density at radius 3 is 1.30 bits per heavy atom. The van der Waals surface area contributed by atoms with E-state index in [4.69, 9.17) is 0 Å². The van der Waals surface area contributed by atoms with Crippen molar-refractivity contribution < 1.29 is 26.3 Å². The molecular formula is C53H31F6N5. The van der Waals surface area contributed by atoms with Crippen molar-refractivity contribution in [2.24, 2.45) is 14.1 Å². The summed E-state index contributed by atoms with van der Waals surface area (Å²) in [6.07, 6.45) is -10.4. The Hall–Kier alpha value is -7.97. The molecule has 5 nitrogen and oxygen atoms in total. The predicted octanol–water partition coefficient (Wildman–Crippen LogP) is 14.7. The number of fused-ring (bicyclic) bond motifs is 14. The molecule has 0 radical (unpaired) electrons. The van der Waals surface area contributed by atoms with Crippen molar-refractivity contribution in [1.82, 2.24) is 18.3 Å². The van der Waals surface area contributed by atoms with Gasteiger partial charge in [0.25, 0.3) is 0 Å². The van der Waals surface area contributed by atoms with E-state index in [1.807, 2.05) is 132 Å². The fourth-order valence-corrected chi connectivity index (χ4v) is 10.5.